The van der Waals surface area contributed by atoms with Crippen molar-refractivity contribution in [2.45, 2.75) is 27.2 Å². The molecule has 1 atom stereocenters. The number of anilines is 1. The van der Waals surface area contributed by atoms with Crippen molar-refractivity contribution in [3.8, 4) is 0 Å². The number of carbonyl (C=O) groups excluding carboxylic acids is 1. The number of carbonyl (C=O) groups is 1. The summed E-state index contributed by atoms with van der Waals surface area (Å²) in [6, 6.07) is 4.50. The molecular weight excluding hydrogens is 253 g/mol. The van der Waals surface area contributed by atoms with Crippen LogP contribution < -0.4 is 4.90 Å². The summed E-state index contributed by atoms with van der Waals surface area (Å²) in [5, 5.41) is 0.0813. The van der Waals surface area contributed by atoms with Crippen molar-refractivity contribution in [1.82, 2.24) is 0 Å². The van der Waals surface area contributed by atoms with Crippen molar-refractivity contribution >= 4 is 23.2 Å². The summed E-state index contributed by atoms with van der Waals surface area (Å²) in [5.41, 5.74) is 0.670. The Hall–Kier alpha value is -1.09. The standard InChI is InChI=1S/C14H17ClFNO/c1-14(2,3)9-6-13(18)17(8-9)10-4-5-11(15)12(16)7-10/h4-5,7,9H,6,8H2,1-3H3. The summed E-state index contributed by atoms with van der Waals surface area (Å²) in [5.74, 6) is -0.137. The molecule has 1 heterocycles. The molecule has 1 saturated heterocycles. The van der Waals surface area contributed by atoms with Gasteiger partial charge in [0.15, 0.2) is 0 Å². The van der Waals surface area contributed by atoms with E-state index in [1.54, 1.807) is 11.0 Å². The molecule has 0 aromatic heterocycles. The lowest BCUT2D eigenvalue weighted by molar-refractivity contribution is -0.117. The second kappa shape index (κ2) is 4.54. The highest BCUT2D eigenvalue weighted by molar-refractivity contribution is 6.30. The molecule has 1 aliphatic rings. The number of rotatable bonds is 1. The van der Waals surface area contributed by atoms with Gasteiger partial charge in [-0.05, 0) is 29.5 Å². The van der Waals surface area contributed by atoms with E-state index >= 15 is 0 Å². The molecule has 1 fully saturated rings. The Morgan fingerprint density at radius 1 is 1.39 bits per heavy atom. The van der Waals surface area contributed by atoms with Gasteiger partial charge >= 0.3 is 0 Å². The molecule has 0 saturated carbocycles. The summed E-state index contributed by atoms with van der Waals surface area (Å²) in [6.45, 7) is 7.01. The van der Waals surface area contributed by atoms with Crippen LogP contribution in [0, 0.1) is 17.2 Å². The summed E-state index contributed by atoms with van der Waals surface area (Å²) >= 11 is 5.65. The van der Waals surface area contributed by atoms with Gasteiger partial charge in [0.05, 0.1) is 5.02 Å². The second-order valence-electron chi connectivity index (χ2n) is 5.87. The molecule has 0 aliphatic carbocycles. The molecule has 0 N–H and O–H groups in total. The Bertz CT molecular complexity index is 481. The third-order valence-electron chi connectivity index (χ3n) is 3.56. The Balaban J connectivity index is 2.24. The Labute approximate surface area is 112 Å². The van der Waals surface area contributed by atoms with E-state index in [9.17, 15) is 9.18 Å². The zero-order valence-corrected chi connectivity index (χ0v) is 11.6. The molecule has 0 radical (unpaired) electrons. The molecule has 1 amide bonds. The summed E-state index contributed by atoms with van der Waals surface area (Å²) in [7, 11) is 0. The van der Waals surface area contributed by atoms with Crippen LogP contribution in [0.2, 0.25) is 5.02 Å². The van der Waals surface area contributed by atoms with Gasteiger partial charge in [-0.3, -0.25) is 4.79 Å². The zero-order valence-electron chi connectivity index (χ0n) is 10.8. The lowest BCUT2D eigenvalue weighted by Gasteiger charge is -2.26. The fraction of sp³-hybridized carbons (Fsp3) is 0.500. The van der Waals surface area contributed by atoms with Crippen molar-refractivity contribution in [3.05, 3.63) is 29.0 Å². The second-order valence-corrected chi connectivity index (χ2v) is 6.28. The highest BCUT2D eigenvalue weighted by Crippen LogP contribution is 2.36. The average Bonchev–Trinajstić information content (AvgIpc) is 2.64. The molecule has 1 aromatic rings. The van der Waals surface area contributed by atoms with Gasteiger partial charge in [0.2, 0.25) is 5.91 Å². The van der Waals surface area contributed by atoms with Crippen LogP contribution in [0.3, 0.4) is 0 Å². The number of halogens is 2. The molecule has 4 heteroatoms. The van der Waals surface area contributed by atoms with Gasteiger partial charge in [0.25, 0.3) is 0 Å². The van der Waals surface area contributed by atoms with E-state index in [2.05, 4.69) is 20.8 Å². The Kier molecular flexibility index (Phi) is 3.37. The molecule has 0 spiro atoms. The summed E-state index contributed by atoms with van der Waals surface area (Å²) in [6.07, 6.45) is 0.522. The van der Waals surface area contributed by atoms with Crippen LogP contribution in [0.25, 0.3) is 0 Å². The Morgan fingerprint density at radius 2 is 2.06 bits per heavy atom. The maximum atomic E-state index is 13.4. The van der Waals surface area contributed by atoms with Crippen LogP contribution >= 0.6 is 11.6 Å². The van der Waals surface area contributed by atoms with Crippen molar-refractivity contribution in [3.63, 3.8) is 0 Å². The van der Waals surface area contributed by atoms with Gasteiger partial charge in [0, 0.05) is 18.7 Å². The van der Waals surface area contributed by atoms with Crippen LogP contribution in [0.5, 0.6) is 0 Å². The van der Waals surface area contributed by atoms with E-state index in [0.717, 1.165) is 0 Å². The minimum Gasteiger partial charge on any atom is -0.312 e. The van der Waals surface area contributed by atoms with E-state index < -0.39 is 5.82 Å². The summed E-state index contributed by atoms with van der Waals surface area (Å²) < 4.78 is 13.4. The third kappa shape index (κ3) is 2.51. The number of hydrogen-bond donors (Lipinski definition) is 0. The van der Waals surface area contributed by atoms with Crippen molar-refractivity contribution in [2.75, 3.05) is 11.4 Å². The van der Waals surface area contributed by atoms with E-state index in [1.165, 1.54) is 12.1 Å². The number of benzene rings is 1. The van der Waals surface area contributed by atoms with E-state index in [1.807, 2.05) is 0 Å². The van der Waals surface area contributed by atoms with Crippen LogP contribution in [-0.4, -0.2) is 12.5 Å². The molecule has 0 bridgehead atoms. The SMILES string of the molecule is CC(C)(C)C1CC(=O)N(c2ccc(Cl)c(F)c2)C1. The van der Waals surface area contributed by atoms with Crippen LogP contribution in [0.4, 0.5) is 10.1 Å². The van der Waals surface area contributed by atoms with Crippen molar-refractivity contribution in [1.29, 1.82) is 0 Å². The molecule has 18 heavy (non-hydrogen) atoms. The fourth-order valence-corrected chi connectivity index (χ4v) is 2.31. The molecule has 2 rings (SSSR count). The van der Waals surface area contributed by atoms with E-state index in [4.69, 9.17) is 11.6 Å². The van der Waals surface area contributed by atoms with Crippen LogP contribution in [0.15, 0.2) is 18.2 Å². The first-order chi connectivity index (χ1) is 8.29. The summed E-state index contributed by atoms with van der Waals surface area (Å²) in [4.78, 5) is 13.6. The highest BCUT2D eigenvalue weighted by atomic mass is 35.5. The molecule has 1 aliphatic heterocycles. The van der Waals surface area contributed by atoms with Crippen molar-refractivity contribution < 1.29 is 9.18 Å². The first-order valence-electron chi connectivity index (χ1n) is 6.04. The molecule has 1 aromatic carbocycles. The predicted molar refractivity (Wildman–Crippen MR) is 71.3 cm³/mol. The average molecular weight is 270 g/mol. The number of hydrogen-bond acceptors (Lipinski definition) is 1. The third-order valence-corrected chi connectivity index (χ3v) is 3.87. The van der Waals surface area contributed by atoms with Crippen LogP contribution in [-0.2, 0) is 4.79 Å². The maximum Gasteiger partial charge on any atom is 0.227 e. The number of nitrogens with zero attached hydrogens (tertiary/aromatic N) is 1. The lowest BCUT2D eigenvalue weighted by Crippen LogP contribution is -2.27. The molecule has 1 unspecified atom stereocenters. The smallest absolute Gasteiger partial charge is 0.227 e. The minimum atomic E-state index is -0.485. The first-order valence-corrected chi connectivity index (χ1v) is 6.42. The minimum absolute atomic E-state index is 0.0525. The van der Waals surface area contributed by atoms with Crippen LogP contribution in [0.1, 0.15) is 27.2 Å². The predicted octanol–water partition coefficient (Wildman–Crippen LogP) is 3.88. The molecule has 98 valence electrons. The normalized spacial score (nSPS) is 20.6. The van der Waals surface area contributed by atoms with Gasteiger partial charge < -0.3 is 4.90 Å². The maximum absolute atomic E-state index is 13.4. The lowest BCUT2D eigenvalue weighted by atomic mass is 9.80. The Morgan fingerprint density at radius 3 is 2.56 bits per heavy atom. The van der Waals surface area contributed by atoms with E-state index in [0.29, 0.717) is 24.6 Å². The van der Waals surface area contributed by atoms with Gasteiger partial charge in [0.1, 0.15) is 5.82 Å². The van der Waals surface area contributed by atoms with Gasteiger partial charge in [-0.15, -0.1) is 0 Å². The highest BCUT2D eigenvalue weighted by Gasteiger charge is 2.37. The quantitative estimate of drug-likeness (QED) is 0.758. The fourth-order valence-electron chi connectivity index (χ4n) is 2.19. The van der Waals surface area contributed by atoms with E-state index in [-0.39, 0.29) is 16.3 Å². The number of amides is 1. The molecule has 2 nitrogen and oxygen atoms in total. The van der Waals surface area contributed by atoms with Gasteiger partial charge in [-0.25, -0.2) is 4.39 Å². The zero-order chi connectivity index (χ0) is 13.5. The monoisotopic (exact) mass is 269 g/mol. The largest absolute Gasteiger partial charge is 0.312 e. The van der Waals surface area contributed by atoms with Gasteiger partial charge in [-0.1, -0.05) is 32.4 Å². The molecular formula is C14H17ClFNO. The first kappa shape index (κ1) is 13.3. The van der Waals surface area contributed by atoms with Crippen molar-refractivity contribution in [2.24, 2.45) is 11.3 Å². The van der Waals surface area contributed by atoms with Gasteiger partial charge in [-0.2, -0.15) is 0 Å². The topological polar surface area (TPSA) is 20.3 Å².